The first-order valence-corrected chi connectivity index (χ1v) is 8.29. The Hall–Kier alpha value is -1.26. The van der Waals surface area contributed by atoms with E-state index in [0.717, 1.165) is 42.6 Å². The van der Waals surface area contributed by atoms with Gasteiger partial charge in [-0.1, -0.05) is 19.1 Å². The Morgan fingerprint density at radius 1 is 1.43 bits per heavy atom. The molecule has 1 amide bonds. The zero-order valence-electron chi connectivity index (χ0n) is 14.3. The molecule has 1 fully saturated rings. The molecule has 0 saturated heterocycles. The summed E-state index contributed by atoms with van der Waals surface area (Å²) in [7, 11) is 0. The van der Waals surface area contributed by atoms with Gasteiger partial charge in [-0.2, -0.15) is 0 Å². The number of benzene rings is 1. The molecule has 0 heterocycles. The zero-order chi connectivity index (χ0) is 16.1. The van der Waals surface area contributed by atoms with Crippen LogP contribution in [0, 0.1) is 12.8 Å². The van der Waals surface area contributed by atoms with Crippen LogP contribution in [0.4, 0.5) is 0 Å². The average molecular weight is 341 g/mol. The molecule has 130 valence electrons. The van der Waals surface area contributed by atoms with Crippen LogP contribution in [-0.4, -0.2) is 18.1 Å². The summed E-state index contributed by atoms with van der Waals surface area (Å²) < 4.78 is 5.98. The second kappa shape index (κ2) is 9.14. The average Bonchev–Trinajstić information content (AvgIpc) is 2.92. The van der Waals surface area contributed by atoms with Gasteiger partial charge in [0.25, 0.3) is 0 Å². The van der Waals surface area contributed by atoms with Crippen LogP contribution >= 0.6 is 12.4 Å². The monoisotopic (exact) mass is 340 g/mol. The maximum absolute atomic E-state index is 12.2. The molecule has 4 nitrogen and oxygen atoms in total. The number of hydrogen-bond acceptors (Lipinski definition) is 3. The molecule has 1 aromatic carbocycles. The normalized spacial score (nSPS) is 21.4. The highest BCUT2D eigenvalue weighted by molar-refractivity contribution is 5.85. The van der Waals surface area contributed by atoms with Crippen molar-refractivity contribution in [1.29, 1.82) is 0 Å². The Morgan fingerprint density at radius 2 is 2.17 bits per heavy atom. The summed E-state index contributed by atoms with van der Waals surface area (Å²) >= 11 is 0. The molecular formula is C18H29ClN2O2. The third kappa shape index (κ3) is 5.70. The van der Waals surface area contributed by atoms with E-state index in [1.54, 1.807) is 0 Å². The van der Waals surface area contributed by atoms with Gasteiger partial charge in [-0.3, -0.25) is 4.79 Å². The summed E-state index contributed by atoms with van der Waals surface area (Å²) in [5, 5.41) is 3.04. The summed E-state index contributed by atoms with van der Waals surface area (Å²) in [5.74, 6) is 1.06. The van der Waals surface area contributed by atoms with E-state index in [0.29, 0.717) is 6.54 Å². The van der Waals surface area contributed by atoms with Crippen molar-refractivity contribution < 1.29 is 9.53 Å². The van der Waals surface area contributed by atoms with Gasteiger partial charge in [0, 0.05) is 24.1 Å². The lowest BCUT2D eigenvalue weighted by molar-refractivity contribution is -0.125. The Balaban J connectivity index is 0.00000264. The summed E-state index contributed by atoms with van der Waals surface area (Å²) in [5.41, 5.74) is 8.07. The van der Waals surface area contributed by atoms with Crippen molar-refractivity contribution in [2.24, 2.45) is 11.7 Å². The van der Waals surface area contributed by atoms with Crippen LogP contribution in [0.5, 0.6) is 5.75 Å². The minimum Gasteiger partial charge on any atom is -0.490 e. The van der Waals surface area contributed by atoms with Crippen molar-refractivity contribution in [3.05, 3.63) is 29.3 Å². The first-order valence-electron chi connectivity index (χ1n) is 8.29. The van der Waals surface area contributed by atoms with E-state index in [1.807, 2.05) is 19.1 Å². The summed E-state index contributed by atoms with van der Waals surface area (Å²) in [6, 6.07) is 6.31. The van der Waals surface area contributed by atoms with Crippen molar-refractivity contribution in [1.82, 2.24) is 5.32 Å². The van der Waals surface area contributed by atoms with Gasteiger partial charge in [0.1, 0.15) is 5.75 Å². The first-order chi connectivity index (χ1) is 10.5. The van der Waals surface area contributed by atoms with Gasteiger partial charge >= 0.3 is 0 Å². The van der Waals surface area contributed by atoms with E-state index in [2.05, 4.69) is 25.2 Å². The third-order valence-corrected chi connectivity index (χ3v) is 4.42. The maximum Gasteiger partial charge on any atom is 0.223 e. The zero-order valence-corrected chi connectivity index (χ0v) is 15.1. The van der Waals surface area contributed by atoms with E-state index in [9.17, 15) is 4.79 Å². The molecule has 0 aliphatic heterocycles. The van der Waals surface area contributed by atoms with E-state index >= 15 is 0 Å². The fourth-order valence-electron chi connectivity index (χ4n) is 2.80. The summed E-state index contributed by atoms with van der Waals surface area (Å²) in [4.78, 5) is 12.2. The molecule has 0 bridgehead atoms. The minimum absolute atomic E-state index is 0. The maximum atomic E-state index is 12.2. The molecule has 2 rings (SSSR count). The largest absolute Gasteiger partial charge is 0.490 e. The molecule has 3 N–H and O–H groups in total. The minimum atomic E-state index is 0. The highest BCUT2D eigenvalue weighted by Crippen LogP contribution is 2.25. The van der Waals surface area contributed by atoms with Crippen molar-refractivity contribution in [3.8, 4) is 5.75 Å². The van der Waals surface area contributed by atoms with Crippen LogP contribution in [-0.2, 0) is 11.3 Å². The molecule has 3 unspecified atom stereocenters. The lowest BCUT2D eigenvalue weighted by Gasteiger charge is -2.18. The molecule has 1 aromatic rings. The topological polar surface area (TPSA) is 64.3 Å². The highest BCUT2D eigenvalue weighted by Gasteiger charge is 2.27. The highest BCUT2D eigenvalue weighted by atomic mass is 35.5. The van der Waals surface area contributed by atoms with E-state index in [4.69, 9.17) is 10.5 Å². The SMILES string of the molecule is CCC(C)Oc1cc(C)ccc1CNC(=O)C1CCC(N)C1.Cl. The van der Waals surface area contributed by atoms with Gasteiger partial charge in [0.15, 0.2) is 0 Å². The number of hydrogen-bond donors (Lipinski definition) is 2. The van der Waals surface area contributed by atoms with Crippen LogP contribution in [0.3, 0.4) is 0 Å². The van der Waals surface area contributed by atoms with Gasteiger partial charge in [-0.15, -0.1) is 12.4 Å². The second-order valence-corrected chi connectivity index (χ2v) is 6.44. The van der Waals surface area contributed by atoms with Gasteiger partial charge < -0.3 is 15.8 Å². The fourth-order valence-corrected chi connectivity index (χ4v) is 2.80. The van der Waals surface area contributed by atoms with Crippen LogP contribution < -0.4 is 15.8 Å². The Kier molecular flexibility index (Phi) is 7.86. The molecule has 1 aliphatic carbocycles. The van der Waals surface area contributed by atoms with Crippen LogP contribution in [0.1, 0.15) is 50.7 Å². The van der Waals surface area contributed by atoms with Crippen LogP contribution in [0.15, 0.2) is 18.2 Å². The standard InChI is InChI=1S/C18H28N2O2.ClH/c1-4-13(3)22-17-9-12(2)5-6-15(17)11-20-18(21)14-7-8-16(19)10-14;/h5-6,9,13-14,16H,4,7-8,10-11,19H2,1-3H3,(H,20,21);1H. The second-order valence-electron chi connectivity index (χ2n) is 6.44. The molecule has 23 heavy (non-hydrogen) atoms. The quantitative estimate of drug-likeness (QED) is 0.834. The predicted molar refractivity (Wildman–Crippen MR) is 96.0 cm³/mol. The molecular weight excluding hydrogens is 312 g/mol. The van der Waals surface area contributed by atoms with Gasteiger partial charge in [-0.05, 0) is 51.2 Å². The van der Waals surface area contributed by atoms with Crippen molar-refractivity contribution in [2.75, 3.05) is 0 Å². The van der Waals surface area contributed by atoms with Crippen LogP contribution in [0.2, 0.25) is 0 Å². The summed E-state index contributed by atoms with van der Waals surface area (Å²) in [6.07, 6.45) is 3.78. The van der Waals surface area contributed by atoms with Crippen molar-refractivity contribution >= 4 is 18.3 Å². The lowest BCUT2D eigenvalue weighted by Crippen LogP contribution is -2.30. The Labute approximate surface area is 145 Å². The lowest BCUT2D eigenvalue weighted by atomic mass is 10.1. The van der Waals surface area contributed by atoms with Gasteiger partial charge in [0.05, 0.1) is 6.10 Å². The number of amides is 1. The summed E-state index contributed by atoms with van der Waals surface area (Å²) in [6.45, 7) is 6.72. The number of nitrogens with one attached hydrogen (secondary N) is 1. The number of rotatable bonds is 6. The van der Waals surface area contributed by atoms with E-state index in [1.165, 1.54) is 0 Å². The Bertz CT molecular complexity index is 522. The molecule has 3 atom stereocenters. The number of nitrogens with two attached hydrogens (primary N) is 1. The van der Waals surface area contributed by atoms with E-state index < -0.39 is 0 Å². The van der Waals surface area contributed by atoms with Crippen molar-refractivity contribution in [2.45, 2.75) is 65.1 Å². The number of aryl methyl sites for hydroxylation is 1. The Morgan fingerprint density at radius 3 is 2.78 bits per heavy atom. The fraction of sp³-hybridized carbons (Fsp3) is 0.611. The number of carbonyl (C=O) groups is 1. The number of ether oxygens (including phenoxy) is 1. The molecule has 0 radical (unpaired) electrons. The molecule has 0 spiro atoms. The third-order valence-electron chi connectivity index (χ3n) is 4.42. The predicted octanol–water partition coefficient (Wildman–Crippen LogP) is 3.34. The molecule has 1 aliphatic rings. The smallest absolute Gasteiger partial charge is 0.223 e. The van der Waals surface area contributed by atoms with E-state index in [-0.39, 0.29) is 36.4 Å². The van der Waals surface area contributed by atoms with Crippen molar-refractivity contribution in [3.63, 3.8) is 0 Å². The first kappa shape index (κ1) is 19.8. The molecule has 1 saturated carbocycles. The number of carbonyl (C=O) groups excluding carboxylic acids is 1. The van der Waals surface area contributed by atoms with Gasteiger partial charge in [0.2, 0.25) is 5.91 Å². The van der Waals surface area contributed by atoms with Crippen LogP contribution in [0.25, 0.3) is 0 Å². The van der Waals surface area contributed by atoms with Gasteiger partial charge in [-0.25, -0.2) is 0 Å². The molecule has 5 heteroatoms. The molecule has 0 aromatic heterocycles. The number of halogens is 1.